The molecule has 10 heteroatoms. The normalized spacial score (nSPS) is 15.9. The monoisotopic (exact) mass is 517 g/mol. The molecule has 178 valence electrons. The van der Waals surface area contributed by atoms with E-state index in [9.17, 15) is 24.8 Å². The summed E-state index contributed by atoms with van der Waals surface area (Å²) in [6, 6.07) is 18.6. The van der Waals surface area contributed by atoms with Gasteiger partial charge in [0.15, 0.2) is 16.7 Å². The zero-order chi connectivity index (χ0) is 25.4. The van der Waals surface area contributed by atoms with Crippen molar-refractivity contribution in [2.75, 3.05) is 4.90 Å². The Kier molecular flexibility index (Phi) is 6.09. The van der Waals surface area contributed by atoms with Crippen LogP contribution in [0.2, 0.25) is 5.02 Å². The first kappa shape index (κ1) is 23.4. The maximum atomic E-state index is 13.3. The zero-order valence-electron chi connectivity index (χ0n) is 18.4. The van der Waals surface area contributed by atoms with Crippen LogP contribution in [0, 0.1) is 10.1 Å². The van der Waals surface area contributed by atoms with Crippen LogP contribution in [0.25, 0.3) is 16.3 Å². The third kappa shape index (κ3) is 4.26. The minimum atomic E-state index is -1.12. The highest BCUT2D eigenvalue weighted by atomic mass is 35.5. The number of fused-ring (bicyclic) bond motifs is 1. The van der Waals surface area contributed by atoms with Gasteiger partial charge in [0, 0.05) is 17.2 Å². The van der Waals surface area contributed by atoms with E-state index < -0.39 is 28.4 Å². The van der Waals surface area contributed by atoms with Gasteiger partial charge in [-0.2, -0.15) is 0 Å². The van der Waals surface area contributed by atoms with Crippen LogP contribution in [0.5, 0.6) is 0 Å². The molecule has 1 aliphatic heterocycles. The van der Waals surface area contributed by atoms with Gasteiger partial charge < -0.3 is 5.11 Å². The predicted molar refractivity (Wildman–Crippen MR) is 138 cm³/mol. The van der Waals surface area contributed by atoms with Crippen molar-refractivity contribution in [3.05, 3.63) is 116 Å². The second kappa shape index (κ2) is 9.37. The molecule has 4 aromatic rings. The number of carbonyl (C=O) groups excluding carboxylic acids is 2. The number of carbonyl (C=O) groups is 2. The van der Waals surface area contributed by atoms with Crippen LogP contribution in [-0.4, -0.2) is 26.7 Å². The quantitative estimate of drug-likeness (QED) is 0.189. The lowest BCUT2D eigenvalue weighted by Crippen LogP contribution is -2.30. The second-order valence-corrected chi connectivity index (χ2v) is 9.35. The highest BCUT2D eigenvalue weighted by molar-refractivity contribution is 7.22. The van der Waals surface area contributed by atoms with Crippen LogP contribution in [0.1, 0.15) is 17.2 Å². The standard InChI is InChI=1S/C26H16ClN3O5S/c27-17-10-11-19-21(14-17)36-26(28-19)29-23(16-7-4-8-18(13-16)30(34)35)22(24(32)25(29)33)20(31)12-9-15-5-2-1-3-6-15/h1-14,23,32H/b12-9+. The summed E-state index contributed by atoms with van der Waals surface area (Å²) in [4.78, 5) is 43.2. The fourth-order valence-corrected chi connectivity index (χ4v) is 5.26. The van der Waals surface area contributed by atoms with E-state index in [1.807, 2.05) is 18.2 Å². The molecular formula is C26H16ClN3O5S. The lowest BCUT2D eigenvalue weighted by atomic mass is 9.95. The molecule has 0 saturated carbocycles. The number of aliphatic hydroxyl groups excluding tert-OH is 1. The first-order valence-electron chi connectivity index (χ1n) is 10.7. The third-order valence-corrected chi connectivity index (χ3v) is 6.89. The summed E-state index contributed by atoms with van der Waals surface area (Å²) in [5, 5.41) is 23.0. The number of allylic oxidation sites excluding steroid dienone is 1. The molecule has 2 heterocycles. The molecule has 8 nitrogen and oxygen atoms in total. The number of amides is 1. The minimum absolute atomic E-state index is 0.190. The Hall–Kier alpha value is -4.34. The number of nitro benzene ring substituents is 1. The van der Waals surface area contributed by atoms with Crippen molar-refractivity contribution in [2.24, 2.45) is 0 Å². The summed E-state index contributed by atoms with van der Waals surface area (Å²) in [5.74, 6) is -2.16. The molecule has 36 heavy (non-hydrogen) atoms. The molecule has 1 atom stereocenters. The maximum Gasteiger partial charge on any atom is 0.296 e. The average Bonchev–Trinajstić information content (AvgIpc) is 3.41. The van der Waals surface area contributed by atoms with Gasteiger partial charge in [0.1, 0.15) is 0 Å². The second-order valence-electron chi connectivity index (χ2n) is 7.91. The van der Waals surface area contributed by atoms with E-state index >= 15 is 0 Å². The Morgan fingerprint density at radius 1 is 1.11 bits per heavy atom. The van der Waals surface area contributed by atoms with Crippen molar-refractivity contribution in [1.29, 1.82) is 0 Å². The number of nitro groups is 1. The van der Waals surface area contributed by atoms with E-state index in [0.29, 0.717) is 15.2 Å². The Labute approximate surface area is 213 Å². The number of hydrogen-bond donors (Lipinski definition) is 1. The molecule has 1 N–H and O–H groups in total. The van der Waals surface area contributed by atoms with Crippen LogP contribution in [0.4, 0.5) is 10.8 Å². The summed E-state index contributed by atoms with van der Waals surface area (Å²) in [5.41, 5.74) is 1.21. The third-order valence-electron chi connectivity index (χ3n) is 5.64. The van der Waals surface area contributed by atoms with E-state index in [0.717, 1.165) is 16.9 Å². The molecule has 3 aromatic carbocycles. The summed E-state index contributed by atoms with van der Waals surface area (Å²) in [6.45, 7) is 0. The molecule has 0 spiro atoms. The van der Waals surface area contributed by atoms with Gasteiger partial charge in [0.25, 0.3) is 11.6 Å². The van der Waals surface area contributed by atoms with E-state index in [4.69, 9.17) is 11.6 Å². The van der Waals surface area contributed by atoms with Crippen molar-refractivity contribution >= 4 is 61.7 Å². The van der Waals surface area contributed by atoms with Gasteiger partial charge in [-0.15, -0.1) is 0 Å². The number of benzene rings is 3. The number of non-ortho nitro benzene ring substituents is 1. The molecule has 0 fully saturated rings. The fraction of sp³-hybridized carbons (Fsp3) is 0.0385. The van der Waals surface area contributed by atoms with Crippen molar-refractivity contribution in [1.82, 2.24) is 4.98 Å². The van der Waals surface area contributed by atoms with Crippen molar-refractivity contribution < 1.29 is 19.6 Å². The van der Waals surface area contributed by atoms with Gasteiger partial charge in [-0.05, 0) is 35.4 Å². The van der Waals surface area contributed by atoms with Crippen LogP contribution in [-0.2, 0) is 9.59 Å². The molecule has 1 aromatic heterocycles. The number of hydrogen-bond acceptors (Lipinski definition) is 7. The maximum absolute atomic E-state index is 13.3. The van der Waals surface area contributed by atoms with Crippen LogP contribution in [0.3, 0.4) is 0 Å². The Morgan fingerprint density at radius 3 is 2.64 bits per heavy atom. The number of aliphatic hydroxyl groups is 1. The number of halogens is 1. The zero-order valence-corrected chi connectivity index (χ0v) is 19.9. The summed E-state index contributed by atoms with van der Waals surface area (Å²) < 4.78 is 0.700. The van der Waals surface area contributed by atoms with Crippen molar-refractivity contribution in [3.8, 4) is 0 Å². The van der Waals surface area contributed by atoms with Gasteiger partial charge in [-0.25, -0.2) is 4.98 Å². The molecule has 1 aliphatic rings. The highest BCUT2D eigenvalue weighted by Gasteiger charge is 2.45. The van der Waals surface area contributed by atoms with E-state index in [2.05, 4.69) is 4.98 Å². The number of anilines is 1. The van der Waals surface area contributed by atoms with Crippen molar-refractivity contribution in [2.45, 2.75) is 6.04 Å². The van der Waals surface area contributed by atoms with Crippen LogP contribution in [0.15, 0.2) is 90.2 Å². The lowest BCUT2D eigenvalue weighted by molar-refractivity contribution is -0.384. The molecule has 1 unspecified atom stereocenters. The molecule has 0 bridgehead atoms. The Bertz CT molecular complexity index is 1600. The number of ketones is 1. The van der Waals surface area contributed by atoms with E-state index in [1.54, 1.807) is 42.5 Å². The molecule has 1 amide bonds. The smallest absolute Gasteiger partial charge is 0.296 e. The van der Waals surface area contributed by atoms with E-state index in [1.165, 1.54) is 29.2 Å². The lowest BCUT2D eigenvalue weighted by Gasteiger charge is -2.24. The predicted octanol–water partition coefficient (Wildman–Crippen LogP) is 6.04. The number of nitrogens with zero attached hydrogens (tertiary/aromatic N) is 3. The average molecular weight is 518 g/mol. The SMILES string of the molecule is O=C(/C=C/c1ccccc1)C1=C(O)C(=O)N(c2nc3ccc(Cl)cc3s2)C1c1cccc([N+](=O)[O-])c1. The van der Waals surface area contributed by atoms with Gasteiger partial charge in [-0.1, -0.05) is 71.5 Å². The van der Waals surface area contributed by atoms with Crippen LogP contribution >= 0.6 is 22.9 Å². The van der Waals surface area contributed by atoms with Crippen LogP contribution < -0.4 is 4.90 Å². The minimum Gasteiger partial charge on any atom is -0.503 e. The molecule has 0 radical (unpaired) electrons. The molecule has 0 aliphatic carbocycles. The number of rotatable bonds is 6. The summed E-state index contributed by atoms with van der Waals surface area (Å²) in [7, 11) is 0. The fourth-order valence-electron chi connectivity index (χ4n) is 3.99. The summed E-state index contributed by atoms with van der Waals surface area (Å²) in [6.07, 6.45) is 2.83. The largest absolute Gasteiger partial charge is 0.503 e. The van der Waals surface area contributed by atoms with Crippen molar-refractivity contribution in [3.63, 3.8) is 0 Å². The first-order valence-corrected chi connectivity index (χ1v) is 11.9. The van der Waals surface area contributed by atoms with E-state index in [-0.39, 0.29) is 22.0 Å². The number of aromatic nitrogens is 1. The number of thiazole rings is 1. The Morgan fingerprint density at radius 2 is 1.89 bits per heavy atom. The van der Waals surface area contributed by atoms with Gasteiger partial charge in [-0.3, -0.25) is 24.6 Å². The molecular weight excluding hydrogens is 502 g/mol. The van der Waals surface area contributed by atoms with Gasteiger partial charge in [0.05, 0.1) is 26.8 Å². The topological polar surface area (TPSA) is 114 Å². The summed E-state index contributed by atoms with van der Waals surface area (Å²) >= 11 is 7.25. The van der Waals surface area contributed by atoms with Gasteiger partial charge in [0.2, 0.25) is 0 Å². The molecule has 5 rings (SSSR count). The van der Waals surface area contributed by atoms with Gasteiger partial charge >= 0.3 is 0 Å². The first-order chi connectivity index (χ1) is 17.3. The highest BCUT2D eigenvalue weighted by Crippen LogP contribution is 2.44. The molecule has 0 saturated heterocycles. The Balaban J connectivity index is 1.63.